The maximum absolute atomic E-state index is 10.9. The predicted molar refractivity (Wildman–Crippen MR) is 47.8 cm³/mol. The van der Waals surface area contributed by atoms with Gasteiger partial charge in [-0.05, 0) is 0 Å². The number of carbonyl (C=O) groups is 1. The van der Waals surface area contributed by atoms with Gasteiger partial charge in [0, 0.05) is 0 Å². The van der Waals surface area contributed by atoms with Gasteiger partial charge in [-0.25, -0.2) is 0 Å². The number of esters is 1. The van der Waals surface area contributed by atoms with Gasteiger partial charge in [-0.1, -0.05) is 29.8 Å². The van der Waals surface area contributed by atoms with Crippen molar-refractivity contribution in [2.45, 2.75) is 11.3 Å². The van der Waals surface area contributed by atoms with Crippen LogP contribution in [-0.4, -0.2) is 13.1 Å². The van der Waals surface area contributed by atoms with E-state index in [-0.39, 0.29) is 41.9 Å². The fourth-order valence-corrected chi connectivity index (χ4v) is 1.10. The number of rotatable bonds is 2. The van der Waals surface area contributed by atoms with Crippen molar-refractivity contribution < 1.29 is 39.1 Å². The summed E-state index contributed by atoms with van der Waals surface area (Å²) in [5.74, 6) is -0.257. The number of hydrogen-bond donors (Lipinski definition) is 0. The van der Waals surface area contributed by atoms with Crippen LogP contribution in [0.4, 0.5) is 0 Å². The Kier molecular flexibility index (Phi) is 6.33. The van der Waals surface area contributed by atoms with Gasteiger partial charge >= 0.3 is 35.5 Å². The normalized spacial score (nSPS) is 8.69. The molecule has 4 heteroatoms. The first-order valence-corrected chi connectivity index (χ1v) is 3.96. The zero-order valence-corrected chi connectivity index (χ0v) is 10.6. The standard InChI is InChI=1S/C9H10O2S.Na/c1-11-9(10)6-7-4-2-3-5-8(7)12;/h2-5,12H,6H2,1H3;/q;+1/p-1. The molecule has 0 atom stereocenters. The van der Waals surface area contributed by atoms with E-state index in [0.29, 0.717) is 4.90 Å². The van der Waals surface area contributed by atoms with Gasteiger partial charge in [0.2, 0.25) is 0 Å². The third-order valence-electron chi connectivity index (χ3n) is 1.54. The Labute approximate surface area is 105 Å². The quantitative estimate of drug-likeness (QED) is 0.327. The largest absolute Gasteiger partial charge is 1.00 e. The minimum atomic E-state index is -0.257. The molecule has 0 saturated carbocycles. The SMILES string of the molecule is COC(=O)Cc1ccccc1[S-].[Na+]. The van der Waals surface area contributed by atoms with Gasteiger partial charge in [0.15, 0.2) is 0 Å². The van der Waals surface area contributed by atoms with Crippen LogP contribution >= 0.6 is 0 Å². The topological polar surface area (TPSA) is 26.3 Å². The molecular formula is C9H9NaO2S. The van der Waals surface area contributed by atoms with Crippen LogP contribution < -0.4 is 29.6 Å². The molecule has 0 heterocycles. The van der Waals surface area contributed by atoms with E-state index in [9.17, 15) is 4.79 Å². The van der Waals surface area contributed by atoms with Gasteiger partial charge in [0.05, 0.1) is 13.5 Å². The van der Waals surface area contributed by atoms with Crippen molar-refractivity contribution in [3.05, 3.63) is 29.8 Å². The van der Waals surface area contributed by atoms with Gasteiger partial charge < -0.3 is 17.4 Å². The Hall–Kier alpha value is -0.0900. The predicted octanol–water partition coefficient (Wildman–Crippen LogP) is -1.69. The summed E-state index contributed by atoms with van der Waals surface area (Å²) < 4.78 is 4.52. The second kappa shape index (κ2) is 6.38. The average Bonchev–Trinajstić information content (AvgIpc) is 2.09. The summed E-state index contributed by atoms with van der Waals surface area (Å²) in [7, 11) is 1.37. The molecule has 0 spiro atoms. The van der Waals surface area contributed by atoms with Crippen LogP contribution in [0.2, 0.25) is 0 Å². The molecule has 0 fully saturated rings. The van der Waals surface area contributed by atoms with Crippen molar-refractivity contribution >= 4 is 18.6 Å². The van der Waals surface area contributed by atoms with E-state index in [4.69, 9.17) is 12.6 Å². The van der Waals surface area contributed by atoms with Gasteiger partial charge in [-0.2, -0.15) is 4.90 Å². The van der Waals surface area contributed by atoms with E-state index in [1.165, 1.54) is 7.11 Å². The van der Waals surface area contributed by atoms with Crippen molar-refractivity contribution in [1.82, 2.24) is 0 Å². The molecule has 0 saturated heterocycles. The molecule has 64 valence electrons. The van der Waals surface area contributed by atoms with E-state index < -0.39 is 0 Å². The van der Waals surface area contributed by atoms with E-state index >= 15 is 0 Å². The van der Waals surface area contributed by atoms with E-state index in [1.54, 1.807) is 6.07 Å². The number of benzene rings is 1. The third-order valence-corrected chi connectivity index (χ3v) is 1.93. The first-order valence-electron chi connectivity index (χ1n) is 3.56. The van der Waals surface area contributed by atoms with Crippen LogP contribution in [0.5, 0.6) is 0 Å². The molecule has 0 bridgehead atoms. The zero-order chi connectivity index (χ0) is 8.97. The molecule has 0 aliphatic carbocycles. The van der Waals surface area contributed by atoms with Gasteiger partial charge in [-0.3, -0.25) is 4.79 Å². The van der Waals surface area contributed by atoms with E-state index in [2.05, 4.69) is 4.74 Å². The maximum atomic E-state index is 10.9. The van der Waals surface area contributed by atoms with E-state index in [0.717, 1.165) is 5.56 Å². The first-order chi connectivity index (χ1) is 5.74. The Bertz CT molecular complexity index is 289. The van der Waals surface area contributed by atoms with Crippen molar-refractivity contribution in [1.29, 1.82) is 0 Å². The maximum Gasteiger partial charge on any atom is 1.00 e. The molecule has 0 radical (unpaired) electrons. The van der Waals surface area contributed by atoms with Gasteiger partial charge in [0.1, 0.15) is 0 Å². The number of ether oxygens (including phenoxy) is 1. The molecule has 0 aliphatic rings. The van der Waals surface area contributed by atoms with Crippen LogP contribution in [0, 0.1) is 0 Å². The Morgan fingerprint density at radius 2 is 2.08 bits per heavy atom. The van der Waals surface area contributed by atoms with Crippen molar-refractivity contribution in [2.24, 2.45) is 0 Å². The molecule has 13 heavy (non-hydrogen) atoms. The smallest absolute Gasteiger partial charge is 0.779 e. The molecule has 0 amide bonds. The minimum Gasteiger partial charge on any atom is -0.779 e. The average molecular weight is 204 g/mol. The molecule has 0 unspecified atom stereocenters. The number of methoxy groups -OCH3 is 1. The molecule has 1 aromatic carbocycles. The van der Waals surface area contributed by atoms with Crippen LogP contribution in [0.25, 0.3) is 0 Å². The van der Waals surface area contributed by atoms with Crippen LogP contribution in [0.3, 0.4) is 0 Å². The molecule has 1 rings (SSSR count). The summed E-state index contributed by atoms with van der Waals surface area (Å²) in [6.45, 7) is 0. The molecule has 0 aromatic heterocycles. The fraction of sp³-hybridized carbons (Fsp3) is 0.222. The summed E-state index contributed by atoms with van der Waals surface area (Å²) in [6, 6.07) is 7.34. The fourth-order valence-electron chi connectivity index (χ4n) is 0.878. The second-order valence-corrected chi connectivity index (χ2v) is 2.80. The number of hydrogen-bond acceptors (Lipinski definition) is 3. The van der Waals surface area contributed by atoms with Crippen molar-refractivity contribution in [3.63, 3.8) is 0 Å². The summed E-state index contributed by atoms with van der Waals surface area (Å²) in [5.41, 5.74) is 0.847. The Balaban J connectivity index is 0.00000144. The monoisotopic (exact) mass is 204 g/mol. The molecular weight excluding hydrogens is 195 g/mol. The zero-order valence-electron chi connectivity index (χ0n) is 7.74. The van der Waals surface area contributed by atoms with Crippen molar-refractivity contribution in [2.75, 3.05) is 7.11 Å². The van der Waals surface area contributed by atoms with Crippen LogP contribution in [0.1, 0.15) is 5.56 Å². The van der Waals surface area contributed by atoms with E-state index in [1.807, 2.05) is 18.2 Å². The third kappa shape index (κ3) is 4.09. The van der Waals surface area contributed by atoms with Gasteiger partial charge in [0.25, 0.3) is 0 Å². The second-order valence-electron chi connectivity index (χ2n) is 2.36. The van der Waals surface area contributed by atoms with Crippen LogP contribution in [-0.2, 0) is 28.6 Å². The summed E-state index contributed by atoms with van der Waals surface area (Å²) in [5, 5.41) is 0. The molecule has 1 aromatic rings. The molecule has 2 nitrogen and oxygen atoms in total. The van der Waals surface area contributed by atoms with Gasteiger partial charge in [-0.15, -0.1) is 0 Å². The summed E-state index contributed by atoms with van der Waals surface area (Å²) >= 11 is 5.01. The summed E-state index contributed by atoms with van der Waals surface area (Å²) in [6.07, 6.45) is 0.260. The number of carbonyl (C=O) groups excluding carboxylic acids is 1. The minimum absolute atomic E-state index is 0. The summed E-state index contributed by atoms with van der Waals surface area (Å²) in [4.78, 5) is 11.6. The van der Waals surface area contributed by atoms with Crippen molar-refractivity contribution in [3.8, 4) is 0 Å². The Morgan fingerprint density at radius 3 is 2.62 bits per heavy atom. The Morgan fingerprint density at radius 1 is 1.46 bits per heavy atom. The molecule has 0 N–H and O–H groups in total. The molecule has 0 aliphatic heterocycles. The first kappa shape index (κ1) is 12.9. The van der Waals surface area contributed by atoms with Crippen LogP contribution in [0.15, 0.2) is 29.2 Å².